The van der Waals surface area contributed by atoms with Crippen LogP contribution in [0.5, 0.6) is 0 Å². The summed E-state index contributed by atoms with van der Waals surface area (Å²) in [6, 6.07) is 1.30. The molecule has 1 aromatic heterocycles. The first-order valence-corrected chi connectivity index (χ1v) is 7.04. The van der Waals surface area contributed by atoms with E-state index in [9.17, 15) is 8.78 Å². The molecule has 20 heavy (non-hydrogen) atoms. The van der Waals surface area contributed by atoms with E-state index in [0.717, 1.165) is 32.0 Å². The molecule has 1 fully saturated rings. The van der Waals surface area contributed by atoms with Crippen molar-refractivity contribution in [1.29, 1.82) is 0 Å². The predicted molar refractivity (Wildman–Crippen MR) is 77.2 cm³/mol. The van der Waals surface area contributed by atoms with E-state index >= 15 is 0 Å². The van der Waals surface area contributed by atoms with E-state index in [1.165, 1.54) is 0 Å². The summed E-state index contributed by atoms with van der Waals surface area (Å²) < 4.78 is 27.6. The van der Waals surface area contributed by atoms with Crippen molar-refractivity contribution in [3.8, 4) is 0 Å². The van der Waals surface area contributed by atoms with Gasteiger partial charge in [0.15, 0.2) is 23.3 Å². The van der Waals surface area contributed by atoms with Gasteiger partial charge in [-0.15, -0.1) is 0 Å². The molecule has 1 atom stereocenters. The van der Waals surface area contributed by atoms with Crippen LogP contribution in [0, 0.1) is 11.6 Å². The number of likely N-dealkylation sites (N-methyl/N-ethyl adjacent to an activating group) is 1. The van der Waals surface area contributed by atoms with Crippen molar-refractivity contribution >= 4 is 11.6 Å². The van der Waals surface area contributed by atoms with E-state index in [4.69, 9.17) is 0 Å². The SMILES string of the molecule is CCCNc1nc(N2CCC(N(C)C)C2)c(F)cc1F. The van der Waals surface area contributed by atoms with Gasteiger partial charge in [-0.2, -0.15) is 0 Å². The number of nitrogens with one attached hydrogen (secondary N) is 1. The van der Waals surface area contributed by atoms with Crippen molar-refractivity contribution in [1.82, 2.24) is 9.88 Å². The van der Waals surface area contributed by atoms with Crippen LogP contribution in [0.25, 0.3) is 0 Å². The van der Waals surface area contributed by atoms with Gasteiger partial charge in [0.1, 0.15) is 0 Å². The predicted octanol–water partition coefficient (Wildman–Crippen LogP) is 2.32. The molecule has 0 aromatic carbocycles. The highest BCUT2D eigenvalue weighted by Crippen LogP contribution is 2.26. The van der Waals surface area contributed by atoms with E-state index in [1.54, 1.807) is 0 Å². The number of rotatable bonds is 5. The van der Waals surface area contributed by atoms with Gasteiger partial charge in [0, 0.05) is 31.7 Å². The molecule has 2 rings (SSSR count). The van der Waals surface area contributed by atoms with Gasteiger partial charge in [-0.3, -0.25) is 0 Å². The first kappa shape index (κ1) is 15.0. The van der Waals surface area contributed by atoms with Crippen molar-refractivity contribution in [3.63, 3.8) is 0 Å². The second-order valence-electron chi connectivity index (χ2n) is 5.40. The molecule has 0 amide bonds. The van der Waals surface area contributed by atoms with Gasteiger partial charge in [-0.05, 0) is 26.9 Å². The molecule has 0 aliphatic carbocycles. The number of aromatic nitrogens is 1. The second-order valence-corrected chi connectivity index (χ2v) is 5.40. The Morgan fingerprint density at radius 2 is 2.15 bits per heavy atom. The quantitative estimate of drug-likeness (QED) is 0.899. The molecule has 1 aromatic rings. The van der Waals surface area contributed by atoms with Crippen molar-refractivity contribution in [3.05, 3.63) is 17.7 Å². The number of anilines is 2. The van der Waals surface area contributed by atoms with Crippen LogP contribution in [0.2, 0.25) is 0 Å². The van der Waals surface area contributed by atoms with Crippen molar-refractivity contribution in [2.45, 2.75) is 25.8 Å². The summed E-state index contributed by atoms with van der Waals surface area (Å²) in [6.07, 6.45) is 1.82. The number of pyridine rings is 1. The van der Waals surface area contributed by atoms with E-state index < -0.39 is 11.6 Å². The smallest absolute Gasteiger partial charge is 0.168 e. The van der Waals surface area contributed by atoms with Gasteiger partial charge in [0.05, 0.1) is 0 Å². The Balaban J connectivity index is 2.19. The highest BCUT2D eigenvalue weighted by Gasteiger charge is 2.27. The van der Waals surface area contributed by atoms with Crippen LogP contribution in [0.3, 0.4) is 0 Å². The van der Waals surface area contributed by atoms with Crippen LogP contribution < -0.4 is 10.2 Å². The minimum atomic E-state index is -0.636. The fraction of sp³-hybridized carbons (Fsp3) is 0.643. The van der Waals surface area contributed by atoms with Gasteiger partial charge in [-0.1, -0.05) is 6.92 Å². The molecule has 1 N–H and O–H groups in total. The molecule has 112 valence electrons. The summed E-state index contributed by atoms with van der Waals surface area (Å²) >= 11 is 0. The maximum atomic E-state index is 13.9. The van der Waals surface area contributed by atoms with Crippen LogP contribution in [-0.4, -0.2) is 49.7 Å². The Hall–Kier alpha value is -1.43. The Kier molecular flexibility index (Phi) is 4.75. The van der Waals surface area contributed by atoms with Crippen molar-refractivity contribution < 1.29 is 8.78 Å². The summed E-state index contributed by atoms with van der Waals surface area (Å²) in [6.45, 7) is 4.06. The lowest BCUT2D eigenvalue weighted by Crippen LogP contribution is -2.32. The molecule has 0 saturated carbocycles. The fourth-order valence-corrected chi connectivity index (χ4v) is 2.40. The molecule has 0 spiro atoms. The van der Waals surface area contributed by atoms with Crippen molar-refractivity contribution in [2.24, 2.45) is 0 Å². The zero-order valence-corrected chi connectivity index (χ0v) is 12.3. The Labute approximate surface area is 118 Å². The highest BCUT2D eigenvalue weighted by molar-refractivity contribution is 5.50. The Morgan fingerprint density at radius 3 is 2.75 bits per heavy atom. The minimum Gasteiger partial charge on any atom is -0.368 e. The third kappa shape index (κ3) is 3.17. The number of hydrogen-bond donors (Lipinski definition) is 1. The lowest BCUT2D eigenvalue weighted by Gasteiger charge is -2.22. The molecular formula is C14H22F2N4. The van der Waals surface area contributed by atoms with Crippen molar-refractivity contribution in [2.75, 3.05) is 43.9 Å². The summed E-state index contributed by atoms with van der Waals surface area (Å²) in [5.74, 6) is -0.849. The van der Waals surface area contributed by atoms with E-state index in [2.05, 4.69) is 15.2 Å². The van der Waals surface area contributed by atoms with Crippen LogP contribution in [0.4, 0.5) is 20.4 Å². The van der Waals surface area contributed by atoms with Crippen LogP contribution in [-0.2, 0) is 0 Å². The molecule has 0 bridgehead atoms. The topological polar surface area (TPSA) is 31.4 Å². The lowest BCUT2D eigenvalue weighted by atomic mass is 10.2. The normalized spacial score (nSPS) is 18.9. The molecule has 1 aliphatic rings. The monoisotopic (exact) mass is 284 g/mol. The van der Waals surface area contributed by atoms with Crippen LogP contribution in [0.15, 0.2) is 6.07 Å². The maximum Gasteiger partial charge on any atom is 0.168 e. The van der Waals surface area contributed by atoms with Crippen LogP contribution in [0.1, 0.15) is 19.8 Å². The van der Waals surface area contributed by atoms with Gasteiger partial charge >= 0.3 is 0 Å². The third-order valence-electron chi connectivity index (χ3n) is 3.65. The summed E-state index contributed by atoms with van der Waals surface area (Å²) in [5.41, 5.74) is 0. The van der Waals surface area contributed by atoms with Crippen LogP contribution >= 0.6 is 0 Å². The van der Waals surface area contributed by atoms with Gasteiger partial charge in [-0.25, -0.2) is 13.8 Å². The largest absolute Gasteiger partial charge is 0.368 e. The first-order chi connectivity index (χ1) is 9.52. The molecule has 1 aliphatic heterocycles. The molecule has 2 heterocycles. The minimum absolute atomic E-state index is 0.136. The summed E-state index contributed by atoms with van der Waals surface area (Å²) in [7, 11) is 4.02. The standard InChI is InChI=1S/C14H22F2N4/c1-4-6-17-13-11(15)8-12(16)14(18-13)20-7-5-10(9-20)19(2)3/h8,10H,4-7,9H2,1-3H3,(H,17,18). The number of hydrogen-bond acceptors (Lipinski definition) is 4. The molecular weight excluding hydrogens is 262 g/mol. The van der Waals surface area contributed by atoms with E-state index in [-0.39, 0.29) is 11.6 Å². The Bertz CT molecular complexity index is 465. The molecule has 1 saturated heterocycles. The average molecular weight is 284 g/mol. The van der Waals surface area contributed by atoms with Gasteiger partial charge in [0.2, 0.25) is 0 Å². The molecule has 4 nitrogen and oxygen atoms in total. The highest BCUT2D eigenvalue weighted by atomic mass is 19.1. The second kappa shape index (κ2) is 6.35. The zero-order chi connectivity index (χ0) is 14.7. The third-order valence-corrected chi connectivity index (χ3v) is 3.65. The molecule has 0 radical (unpaired) electrons. The van der Waals surface area contributed by atoms with Gasteiger partial charge in [0.25, 0.3) is 0 Å². The maximum absolute atomic E-state index is 13.9. The van der Waals surface area contributed by atoms with E-state index in [1.807, 2.05) is 25.9 Å². The summed E-state index contributed by atoms with van der Waals surface area (Å²) in [4.78, 5) is 8.14. The number of halogens is 2. The lowest BCUT2D eigenvalue weighted by molar-refractivity contribution is 0.315. The summed E-state index contributed by atoms with van der Waals surface area (Å²) in [5, 5.41) is 2.90. The fourth-order valence-electron chi connectivity index (χ4n) is 2.40. The molecule has 1 unspecified atom stereocenters. The average Bonchev–Trinajstić information content (AvgIpc) is 2.87. The Morgan fingerprint density at radius 1 is 1.40 bits per heavy atom. The van der Waals surface area contributed by atoms with Gasteiger partial charge < -0.3 is 15.1 Å². The number of nitrogens with zero attached hydrogens (tertiary/aromatic N) is 3. The first-order valence-electron chi connectivity index (χ1n) is 7.04. The molecule has 6 heteroatoms. The zero-order valence-electron chi connectivity index (χ0n) is 12.3. The van der Waals surface area contributed by atoms with E-state index in [0.29, 0.717) is 12.6 Å².